The van der Waals surface area contributed by atoms with Gasteiger partial charge in [0.2, 0.25) is 0 Å². The summed E-state index contributed by atoms with van der Waals surface area (Å²) < 4.78 is 0. The van der Waals surface area contributed by atoms with Crippen LogP contribution in [0.2, 0.25) is 0 Å². The van der Waals surface area contributed by atoms with Gasteiger partial charge >= 0.3 is 0 Å². The van der Waals surface area contributed by atoms with Crippen molar-refractivity contribution in [2.24, 2.45) is 11.8 Å². The highest BCUT2D eigenvalue weighted by Crippen LogP contribution is 2.49. The third kappa shape index (κ3) is 5.33. The van der Waals surface area contributed by atoms with Gasteiger partial charge in [-0.25, -0.2) is 0 Å². The fraction of sp³-hybridized carbons (Fsp3) is 0.294. The van der Waals surface area contributed by atoms with Crippen LogP contribution in [-0.2, 0) is 5.41 Å². The molecule has 0 heterocycles. The van der Waals surface area contributed by atoms with Gasteiger partial charge in [0.15, 0.2) is 0 Å². The van der Waals surface area contributed by atoms with E-state index in [9.17, 15) is 0 Å². The first-order chi connectivity index (χ1) is 17.4. The summed E-state index contributed by atoms with van der Waals surface area (Å²) >= 11 is 0. The van der Waals surface area contributed by atoms with Gasteiger partial charge in [0.1, 0.15) is 0 Å². The lowest BCUT2D eigenvalue weighted by Gasteiger charge is -2.44. The van der Waals surface area contributed by atoms with E-state index in [0.29, 0.717) is 11.8 Å². The molecule has 0 spiro atoms. The van der Waals surface area contributed by atoms with Crippen LogP contribution in [-0.4, -0.2) is 0 Å². The lowest BCUT2D eigenvalue weighted by molar-refractivity contribution is 0.210. The molecule has 184 valence electrons. The second kappa shape index (κ2) is 10.2. The van der Waals surface area contributed by atoms with Gasteiger partial charge in [-0.15, -0.1) is 0 Å². The van der Waals surface area contributed by atoms with Crippen molar-refractivity contribution in [3.8, 4) is 0 Å². The minimum Gasteiger partial charge on any atom is -0.356 e. The van der Waals surface area contributed by atoms with Crippen molar-refractivity contribution in [1.29, 1.82) is 0 Å². The molecule has 0 aliphatic heterocycles. The zero-order chi connectivity index (χ0) is 25.1. The molecule has 2 nitrogen and oxygen atoms in total. The Hall–Kier alpha value is -3.52. The molecule has 2 unspecified atom stereocenters. The monoisotopic (exact) mass is 474 g/mol. The Morgan fingerprint density at radius 1 is 0.500 bits per heavy atom. The first kappa shape index (κ1) is 24.2. The van der Waals surface area contributed by atoms with E-state index in [0.717, 1.165) is 22.7 Å². The maximum absolute atomic E-state index is 3.56. The summed E-state index contributed by atoms with van der Waals surface area (Å²) in [6.45, 7) is 9.08. The summed E-state index contributed by atoms with van der Waals surface area (Å²) in [5.74, 6) is 1.40. The predicted octanol–water partition coefficient (Wildman–Crippen LogP) is 9.53. The quantitative estimate of drug-likeness (QED) is 0.291. The first-order valence-electron chi connectivity index (χ1n) is 13.3. The van der Waals surface area contributed by atoms with Crippen molar-refractivity contribution in [2.45, 2.75) is 52.4 Å². The van der Waals surface area contributed by atoms with E-state index < -0.39 is 0 Å². The average Bonchev–Trinajstić information content (AvgIpc) is 2.87. The van der Waals surface area contributed by atoms with Gasteiger partial charge in [-0.3, -0.25) is 0 Å². The molecule has 0 amide bonds. The highest BCUT2D eigenvalue weighted by Gasteiger charge is 2.40. The number of aryl methyl sites for hydroxylation is 2. The summed E-state index contributed by atoms with van der Waals surface area (Å²) in [5.41, 5.74) is 9.96. The minimum absolute atomic E-state index is 0.0435. The van der Waals surface area contributed by atoms with E-state index in [1.165, 1.54) is 41.5 Å². The van der Waals surface area contributed by atoms with E-state index in [2.05, 4.69) is 135 Å². The van der Waals surface area contributed by atoms with Crippen LogP contribution in [0.5, 0.6) is 0 Å². The Balaban J connectivity index is 1.42. The highest BCUT2D eigenvalue weighted by atomic mass is 14.9. The number of anilines is 4. The molecule has 0 aromatic heterocycles. The SMILES string of the molecule is Cc1ccc(Nc2ccc(C3(c4ccc(Nc5ccc(C)cc5)cc4)CC(C)CC(C)C3)cc2)cc1. The number of hydrogen-bond acceptors (Lipinski definition) is 2. The normalized spacial score (nSPS) is 19.0. The van der Waals surface area contributed by atoms with Gasteiger partial charge in [0.25, 0.3) is 0 Å². The minimum atomic E-state index is 0.0435. The Kier molecular flexibility index (Phi) is 6.87. The summed E-state index contributed by atoms with van der Waals surface area (Å²) in [5, 5.41) is 7.11. The van der Waals surface area contributed by atoms with Gasteiger partial charge in [-0.2, -0.15) is 0 Å². The molecule has 0 radical (unpaired) electrons. The second-order valence-electron chi connectivity index (χ2n) is 11.1. The van der Waals surface area contributed by atoms with Crippen LogP contribution in [0, 0.1) is 25.7 Å². The molecule has 36 heavy (non-hydrogen) atoms. The summed E-state index contributed by atoms with van der Waals surface area (Å²) in [4.78, 5) is 0. The molecule has 1 aliphatic carbocycles. The Morgan fingerprint density at radius 2 is 0.806 bits per heavy atom. The Labute approximate surface area is 216 Å². The number of rotatable bonds is 6. The zero-order valence-corrected chi connectivity index (χ0v) is 22.0. The van der Waals surface area contributed by atoms with Crippen molar-refractivity contribution in [3.05, 3.63) is 119 Å². The molecule has 2 heteroatoms. The van der Waals surface area contributed by atoms with Crippen molar-refractivity contribution in [2.75, 3.05) is 10.6 Å². The van der Waals surface area contributed by atoms with Crippen LogP contribution in [0.3, 0.4) is 0 Å². The number of nitrogens with one attached hydrogen (secondary N) is 2. The first-order valence-corrected chi connectivity index (χ1v) is 13.3. The van der Waals surface area contributed by atoms with E-state index >= 15 is 0 Å². The Morgan fingerprint density at radius 3 is 1.14 bits per heavy atom. The molecule has 5 rings (SSSR count). The molecule has 2 atom stereocenters. The van der Waals surface area contributed by atoms with Crippen molar-refractivity contribution >= 4 is 22.7 Å². The molecule has 1 saturated carbocycles. The van der Waals surface area contributed by atoms with Gasteiger partial charge < -0.3 is 10.6 Å². The molecule has 0 bridgehead atoms. The molecule has 4 aromatic carbocycles. The lowest BCUT2D eigenvalue weighted by atomic mass is 9.60. The molecular weight excluding hydrogens is 436 g/mol. The Bertz CT molecular complexity index is 1170. The number of hydrogen-bond donors (Lipinski definition) is 2. The van der Waals surface area contributed by atoms with E-state index in [4.69, 9.17) is 0 Å². The van der Waals surface area contributed by atoms with Crippen molar-refractivity contribution in [1.82, 2.24) is 0 Å². The molecule has 1 fully saturated rings. The van der Waals surface area contributed by atoms with Gasteiger partial charge in [0.05, 0.1) is 0 Å². The van der Waals surface area contributed by atoms with Gasteiger partial charge in [-0.05, 0) is 105 Å². The third-order valence-corrected chi connectivity index (χ3v) is 7.75. The zero-order valence-electron chi connectivity index (χ0n) is 22.0. The topological polar surface area (TPSA) is 24.1 Å². The van der Waals surface area contributed by atoms with E-state index in [1.54, 1.807) is 0 Å². The molecule has 0 saturated heterocycles. The van der Waals surface area contributed by atoms with Crippen LogP contribution < -0.4 is 10.6 Å². The maximum atomic E-state index is 3.56. The second-order valence-corrected chi connectivity index (χ2v) is 11.1. The van der Waals surface area contributed by atoms with Gasteiger partial charge in [-0.1, -0.05) is 73.5 Å². The van der Waals surface area contributed by atoms with E-state index in [-0.39, 0.29) is 5.41 Å². The lowest BCUT2D eigenvalue weighted by Crippen LogP contribution is -2.36. The number of benzene rings is 4. The van der Waals surface area contributed by atoms with Crippen molar-refractivity contribution in [3.63, 3.8) is 0 Å². The molecular formula is C34H38N2. The highest BCUT2D eigenvalue weighted by molar-refractivity contribution is 5.62. The molecule has 4 aromatic rings. The average molecular weight is 475 g/mol. The summed E-state index contributed by atoms with van der Waals surface area (Å²) in [7, 11) is 0. The van der Waals surface area contributed by atoms with Crippen LogP contribution in [0.15, 0.2) is 97.1 Å². The molecule has 2 N–H and O–H groups in total. The van der Waals surface area contributed by atoms with E-state index in [1.807, 2.05) is 0 Å². The van der Waals surface area contributed by atoms with Crippen LogP contribution in [0.4, 0.5) is 22.7 Å². The standard InChI is InChI=1S/C34H38N2/c1-24-5-13-30(14-6-24)35-32-17-9-28(10-18-32)34(22-26(3)21-27(4)23-34)29-11-19-33(20-12-29)36-31-15-7-25(2)8-16-31/h5-20,26-27,35-36H,21-23H2,1-4H3. The van der Waals surface area contributed by atoms with Crippen LogP contribution in [0.25, 0.3) is 0 Å². The third-order valence-electron chi connectivity index (χ3n) is 7.75. The smallest absolute Gasteiger partial charge is 0.0384 e. The fourth-order valence-corrected chi connectivity index (χ4v) is 6.12. The van der Waals surface area contributed by atoms with Crippen LogP contribution >= 0.6 is 0 Å². The fourth-order valence-electron chi connectivity index (χ4n) is 6.12. The van der Waals surface area contributed by atoms with Crippen molar-refractivity contribution < 1.29 is 0 Å². The van der Waals surface area contributed by atoms with Gasteiger partial charge in [0, 0.05) is 28.2 Å². The predicted molar refractivity (Wildman–Crippen MR) is 155 cm³/mol. The maximum Gasteiger partial charge on any atom is 0.0384 e. The van der Waals surface area contributed by atoms with Crippen LogP contribution in [0.1, 0.15) is 55.4 Å². The summed E-state index contributed by atoms with van der Waals surface area (Å²) in [6, 6.07) is 35.5. The largest absolute Gasteiger partial charge is 0.356 e. The summed E-state index contributed by atoms with van der Waals surface area (Å²) in [6.07, 6.45) is 3.68. The molecule has 1 aliphatic rings.